The van der Waals surface area contributed by atoms with E-state index < -0.39 is 0 Å². The molecule has 1 fully saturated rings. The van der Waals surface area contributed by atoms with Crippen LogP contribution in [0.25, 0.3) is 0 Å². The zero-order valence-electron chi connectivity index (χ0n) is 11.6. The highest BCUT2D eigenvalue weighted by Gasteiger charge is 2.30. The standard InChI is InChI=1S/C16H25NO/c1-13-14(10-11-16(13)17-2)7-6-12-18-15-8-4-3-5-9-15/h3-5,8-9,13-14,16-17H,6-7,10-12H2,1-2H3. The van der Waals surface area contributed by atoms with E-state index in [1.54, 1.807) is 0 Å². The van der Waals surface area contributed by atoms with Crippen LogP contribution in [0.2, 0.25) is 0 Å². The van der Waals surface area contributed by atoms with Gasteiger partial charge in [0.25, 0.3) is 0 Å². The van der Waals surface area contributed by atoms with Crippen LogP contribution in [-0.4, -0.2) is 19.7 Å². The number of hydrogen-bond acceptors (Lipinski definition) is 2. The summed E-state index contributed by atoms with van der Waals surface area (Å²) in [6, 6.07) is 10.8. The SMILES string of the molecule is CNC1CCC(CCCOc2ccccc2)C1C. The Kier molecular flexibility index (Phi) is 5.06. The van der Waals surface area contributed by atoms with Crippen LogP contribution in [-0.2, 0) is 0 Å². The second-order valence-electron chi connectivity index (χ2n) is 5.40. The minimum absolute atomic E-state index is 0.727. The summed E-state index contributed by atoms with van der Waals surface area (Å²) in [6.07, 6.45) is 5.17. The summed E-state index contributed by atoms with van der Waals surface area (Å²) in [5.41, 5.74) is 0. The highest BCUT2D eigenvalue weighted by Crippen LogP contribution is 2.34. The molecule has 1 N–H and O–H groups in total. The van der Waals surface area contributed by atoms with E-state index in [2.05, 4.69) is 19.3 Å². The van der Waals surface area contributed by atoms with Crippen LogP contribution < -0.4 is 10.1 Å². The van der Waals surface area contributed by atoms with Crippen LogP contribution in [0.5, 0.6) is 5.75 Å². The highest BCUT2D eigenvalue weighted by atomic mass is 16.5. The monoisotopic (exact) mass is 247 g/mol. The zero-order chi connectivity index (χ0) is 12.8. The first kappa shape index (κ1) is 13.4. The van der Waals surface area contributed by atoms with Gasteiger partial charge in [0.05, 0.1) is 6.61 Å². The molecule has 100 valence electrons. The summed E-state index contributed by atoms with van der Waals surface area (Å²) in [7, 11) is 2.09. The molecule has 1 aliphatic carbocycles. The van der Waals surface area contributed by atoms with Crippen LogP contribution in [0, 0.1) is 11.8 Å². The van der Waals surface area contributed by atoms with Crippen molar-refractivity contribution in [2.24, 2.45) is 11.8 Å². The fraction of sp³-hybridized carbons (Fsp3) is 0.625. The predicted octanol–water partition coefficient (Wildman–Crippen LogP) is 3.48. The molecule has 0 heterocycles. The molecule has 3 unspecified atom stereocenters. The lowest BCUT2D eigenvalue weighted by molar-refractivity contribution is 0.273. The first-order chi connectivity index (χ1) is 8.81. The van der Waals surface area contributed by atoms with E-state index in [0.29, 0.717) is 0 Å². The Hall–Kier alpha value is -1.02. The predicted molar refractivity (Wildman–Crippen MR) is 75.9 cm³/mol. The third-order valence-electron chi connectivity index (χ3n) is 4.33. The van der Waals surface area contributed by atoms with Crippen molar-refractivity contribution in [2.75, 3.05) is 13.7 Å². The molecular formula is C16H25NO. The van der Waals surface area contributed by atoms with E-state index in [1.165, 1.54) is 25.7 Å². The molecule has 1 aromatic carbocycles. The van der Waals surface area contributed by atoms with Gasteiger partial charge in [-0.25, -0.2) is 0 Å². The lowest BCUT2D eigenvalue weighted by Crippen LogP contribution is -2.29. The molecule has 0 amide bonds. The number of nitrogens with one attached hydrogen (secondary N) is 1. The van der Waals surface area contributed by atoms with E-state index in [1.807, 2.05) is 30.3 Å². The average Bonchev–Trinajstić information content (AvgIpc) is 2.77. The smallest absolute Gasteiger partial charge is 0.119 e. The summed E-state index contributed by atoms with van der Waals surface area (Å²) in [5, 5.41) is 3.43. The fourth-order valence-corrected chi connectivity index (χ4v) is 3.11. The Labute approximate surface area is 111 Å². The first-order valence-electron chi connectivity index (χ1n) is 7.16. The van der Waals surface area contributed by atoms with Gasteiger partial charge >= 0.3 is 0 Å². The Balaban J connectivity index is 1.64. The van der Waals surface area contributed by atoms with Crippen molar-refractivity contribution < 1.29 is 4.74 Å². The van der Waals surface area contributed by atoms with Gasteiger partial charge in [-0.05, 0) is 56.7 Å². The topological polar surface area (TPSA) is 21.3 Å². The van der Waals surface area contributed by atoms with Crippen molar-refractivity contribution in [3.05, 3.63) is 30.3 Å². The number of ether oxygens (including phenoxy) is 1. The van der Waals surface area contributed by atoms with Crippen molar-refractivity contribution >= 4 is 0 Å². The van der Waals surface area contributed by atoms with Crippen molar-refractivity contribution in [1.29, 1.82) is 0 Å². The Morgan fingerprint density at radius 3 is 2.67 bits per heavy atom. The molecular weight excluding hydrogens is 222 g/mol. The van der Waals surface area contributed by atoms with Crippen LogP contribution in [0.15, 0.2) is 30.3 Å². The van der Waals surface area contributed by atoms with Gasteiger partial charge in [-0.2, -0.15) is 0 Å². The Morgan fingerprint density at radius 2 is 2.00 bits per heavy atom. The van der Waals surface area contributed by atoms with Gasteiger partial charge in [0.1, 0.15) is 5.75 Å². The van der Waals surface area contributed by atoms with Gasteiger partial charge in [0, 0.05) is 6.04 Å². The lowest BCUT2D eigenvalue weighted by Gasteiger charge is -2.20. The minimum atomic E-state index is 0.727. The van der Waals surface area contributed by atoms with Crippen molar-refractivity contribution in [3.8, 4) is 5.75 Å². The van der Waals surface area contributed by atoms with Crippen LogP contribution >= 0.6 is 0 Å². The summed E-state index contributed by atoms with van der Waals surface area (Å²) < 4.78 is 5.74. The molecule has 1 aromatic rings. The average molecular weight is 247 g/mol. The number of benzene rings is 1. The van der Waals surface area contributed by atoms with Gasteiger partial charge < -0.3 is 10.1 Å². The fourth-order valence-electron chi connectivity index (χ4n) is 3.11. The second-order valence-corrected chi connectivity index (χ2v) is 5.40. The third-order valence-corrected chi connectivity index (χ3v) is 4.33. The van der Waals surface area contributed by atoms with Gasteiger partial charge in [-0.3, -0.25) is 0 Å². The lowest BCUT2D eigenvalue weighted by atomic mass is 9.92. The first-order valence-corrected chi connectivity index (χ1v) is 7.16. The Bertz CT molecular complexity index is 338. The number of rotatable bonds is 6. The molecule has 1 saturated carbocycles. The molecule has 1 aliphatic rings. The molecule has 0 bridgehead atoms. The summed E-state index contributed by atoms with van der Waals surface area (Å²) in [5.74, 6) is 2.68. The van der Waals surface area contributed by atoms with E-state index in [4.69, 9.17) is 4.74 Å². The van der Waals surface area contributed by atoms with E-state index in [9.17, 15) is 0 Å². The van der Waals surface area contributed by atoms with Crippen LogP contribution in [0.4, 0.5) is 0 Å². The highest BCUT2D eigenvalue weighted by molar-refractivity contribution is 5.20. The quantitative estimate of drug-likeness (QED) is 0.777. The van der Waals surface area contributed by atoms with Crippen LogP contribution in [0.1, 0.15) is 32.6 Å². The van der Waals surface area contributed by atoms with Gasteiger partial charge in [0.15, 0.2) is 0 Å². The molecule has 0 saturated heterocycles. The molecule has 0 aliphatic heterocycles. The normalized spacial score (nSPS) is 27.3. The van der Waals surface area contributed by atoms with Gasteiger partial charge in [-0.15, -0.1) is 0 Å². The summed E-state index contributed by atoms with van der Waals surface area (Å²) in [6.45, 7) is 3.23. The van der Waals surface area contributed by atoms with Gasteiger partial charge in [-0.1, -0.05) is 25.1 Å². The zero-order valence-corrected chi connectivity index (χ0v) is 11.6. The maximum atomic E-state index is 5.74. The molecule has 3 atom stereocenters. The van der Waals surface area contributed by atoms with E-state index >= 15 is 0 Å². The molecule has 0 radical (unpaired) electrons. The summed E-state index contributed by atoms with van der Waals surface area (Å²) in [4.78, 5) is 0. The molecule has 2 heteroatoms. The Morgan fingerprint density at radius 1 is 1.22 bits per heavy atom. The largest absolute Gasteiger partial charge is 0.494 e. The van der Waals surface area contributed by atoms with E-state index in [-0.39, 0.29) is 0 Å². The molecule has 18 heavy (non-hydrogen) atoms. The maximum absolute atomic E-state index is 5.74. The second kappa shape index (κ2) is 6.79. The molecule has 2 rings (SSSR count). The van der Waals surface area contributed by atoms with E-state index in [0.717, 1.165) is 30.2 Å². The number of hydrogen-bond donors (Lipinski definition) is 1. The van der Waals surface area contributed by atoms with Gasteiger partial charge in [0.2, 0.25) is 0 Å². The molecule has 0 spiro atoms. The maximum Gasteiger partial charge on any atom is 0.119 e. The van der Waals surface area contributed by atoms with Crippen molar-refractivity contribution in [3.63, 3.8) is 0 Å². The minimum Gasteiger partial charge on any atom is -0.494 e. The van der Waals surface area contributed by atoms with Crippen LogP contribution in [0.3, 0.4) is 0 Å². The molecule has 2 nitrogen and oxygen atoms in total. The van der Waals surface area contributed by atoms with Crippen molar-refractivity contribution in [2.45, 2.75) is 38.6 Å². The van der Waals surface area contributed by atoms with Crippen molar-refractivity contribution in [1.82, 2.24) is 5.32 Å². The summed E-state index contributed by atoms with van der Waals surface area (Å²) >= 11 is 0. The third kappa shape index (κ3) is 3.49. The number of para-hydroxylation sites is 1. The molecule has 0 aromatic heterocycles.